The quantitative estimate of drug-likeness (QED) is 0.123. The van der Waals surface area contributed by atoms with Crippen molar-refractivity contribution in [1.29, 1.82) is 0 Å². The number of piperidine rings is 1. The van der Waals surface area contributed by atoms with Gasteiger partial charge in [-0.15, -0.1) is 0 Å². The second-order valence-corrected chi connectivity index (χ2v) is 22.6. The van der Waals surface area contributed by atoms with Crippen molar-refractivity contribution in [2.45, 2.75) is 62.6 Å². The summed E-state index contributed by atoms with van der Waals surface area (Å²) in [6, 6.07) is 15.6. The van der Waals surface area contributed by atoms with Crippen LogP contribution < -0.4 is 10.0 Å². The molecule has 0 amide bonds. The van der Waals surface area contributed by atoms with Crippen LogP contribution in [0.2, 0.25) is 28.2 Å². The first-order chi connectivity index (χ1) is 26.5. The Hall–Kier alpha value is -4.25. The number of hydrogen-bond acceptors (Lipinski definition) is 9. The molecular weight excluding hydrogens is 798 g/mol. The van der Waals surface area contributed by atoms with E-state index >= 15 is 8.78 Å². The molecule has 0 atom stereocenters. The molecule has 2 N–H and O–H groups in total. The molecule has 1 saturated heterocycles. The lowest BCUT2D eigenvalue weighted by Gasteiger charge is -2.37. The maximum atomic E-state index is 15.9. The Kier molecular flexibility index (Phi) is 11.1. The van der Waals surface area contributed by atoms with Crippen molar-refractivity contribution in [3.8, 4) is 5.82 Å². The van der Waals surface area contributed by atoms with Gasteiger partial charge in [0.25, 0.3) is 10.0 Å². The average Bonchev–Trinajstić information content (AvgIpc) is 3.60. The minimum absolute atomic E-state index is 0.000810. The second kappa shape index (κ2) is 15.6. The third-order valence-electron chi connectivity index (χ3n) is 10.8. The summed E-state index contributed by atoms with van der Waals surface area (Å²) >= 11 is 12.1. The highest BCUT2D eigenvalue weighted by Crippen LogP contribution is 2.38. The molecule has 1 aliphatic rings. The van der Waals surface area contributed by atoms with Crippen molar-refractivity contribution in [2.75, 3.05) is 36.3 Å². The zero-order chi connectivity index (χ0) is 40.0. The van der Waals surface area contributed by atoms with Gasteiger partial charge in [0.2, 0.25) is 0 Å². The summed E-state index contributed by atoms with van der Waals surface area (Å²) < 4.78 is 67.8. The number of anilines is 3. The smallest absolute Gasteiger partial charge is 0.263 e. The molecule has 11 nitrogen and oxygen atoms in total. The number of sulfonamides is 1. The van der Waals surface area contributed by atoms with Gasteiger partial charge in [0.15, 0.2) is 20.0 Å². The molecule has 0 unspecified atom stereocenters. The lowest BCUT2D eigenvalue weighted by molar-refractivity contribution is 0.167. The van der Waals surface area contributed by atoms with E-state index in [0.29, 0.717) is 17.3 Å². The zero-order valence-corrected chi connectivity index (χ0v) is 34.9. The number of hydrogen-bond donors (Lipinski definition) is 2. The lowest BCUT2D eigenvalue weighted by atomic mass is 9.88. The summed E-state index contributed by atoms with van der Waals surface area (Å²) in [5.74, 6) is -1.37. The van der Waals surface area contributed by atoms with Crippen molar-refractivity contribution in [1.82, 2.24) is 29.4 Å². The Morgan fingerprint density at radius 3 is 2.45 bits per heavy atom. The van der Waals surface area contributed by atoms with Crippen LogP contribution in [0.1, 0.15) is 45.1 Å². The molecule has 4 heterocycles. The number of fused-ring (bicyclic) bond motifs is 2. The highest BCUT2D eigenvalue weighted by molar-refractivity contribution is 7.92. The van der Waals surface area contributed by atoms with Gasteiger partial charge in [-0.05, 0) is 98.0 Å². The summed E-state index contributed by atoms with van der Waals surface area (Å²) in [4.78, 5) is 20.3. The number of halogens is 4. The van der Waals surface area contributed by atoms with Crippen LogP contribution in [0, 0.1) is 11.6 Å². The molecular formula is C39H42Cl2F2N8O3SSi. The molecule has 3 aromatic heterocycles. The number of imidazole rings is 1. The van der Waals surface area contributed by atoms with Crippen LogP contribution in [-0.4, -0.2) is 72.4 Å². The van der Waals surface area contributed by atoms with Crippen LogP contribution in [0.4, 0.5) is 26.0 Å². The van der Waals surface area contributed by atoms with E-state index in [9.17, 15) is 8.42 Å². The SMILES string of the molecule is CC(C)(C)[Si](C)(C)OCCN1CCC(c2cccc3c2ncn3-c2ccc3ncnc(Nc4c(F)ccc(NS(=O)(=O)c5cccc(Cl)c5Cl)c4F)c3n2)CC1. The largest absolute Gasteiger partial charge is 0.416 e. The predicted octanol–water partition coefficient (Wildman–Crippen LogP) is 9.69. The predicted molar refractivity (Wildman–Crippen MR) is 220 cm³/mol. The van der Waals surface area contributed by atoms with Gasteiger partial charge in [-0.2, -0.15) is 0 Å². The molecule has 0 bridgehead atoms. The normalized spacial score (nSPS) is 14.8. The van der Waals surface area contributed by atoms with E-state index in [2.05, 4.69) is 64.8 Å². The number of rotatable bonds is 11. The van der Waals surface area contributed by atoms with Crippen LogP contribution in [0.15, 0.2) is 78.2 Å². The van der Waals surface area contributed by atoms with Gasteiger partial charge in [-0.1, -0.05) is 62.2 Å². The van der Waals surface area contributed by atoms with Gasteiger partial charge in [-0.3, -0.25) is 9.29 Å². The minimum Gasteiger partial charge on any atom is -0.416 e. The first-order valence-electron chi connectivity index (χ1n) is 18.2. The molecule has 17 heteroatoms. The van der Waals surface area contributed by atoms with Gasteiger partial charge >= 0.3 is 0 Å². The molecule has 3 aromatic carbocycles. The standard InChI is InChI=1S/C39H42Cl2F2N8O3SSi/c1-39(2,3)56(4,5)54-21-20-50-18-16-24(17-19-50)25-8-6-10-30-35(25)46-23-51(30)32-15-14-29-37(47-32)38(45-22-44-29)48-36-27(42)12-13-28(34(36)43)49-55(52,53)31-11-7-9-26(40)33(31)41/h6-15,22-24,49H,16-21H2,1-5H3,(H,44,45,48). The number of pyridine rings is 1. The highest BCUT2D eigenvalue weighted by Gasteiger charge is 2.37. The van der Waals surface area contributed by atoms with E-state index < -0.39 is 41.3 Å². The molecule has 294 valence electrons. The van der Waals surface area contributed by atoms with Crippen molar-refractivity contribution in [3.63, 3.8) is 0 Å². The van der Waals surface area contributed by atoms with Crippen LogP contribution in [0.5, 0.6) is 0 Å². The summed E-state index contributed by atoms with van der Waals surface area (Å²) in [5.41, 5.74) is 2.39. The lowest BCUT2D eigenvalue weighted by Crippen LogP contribution is -2.43. The Morgan fingerprint density at radius 1 is 0.946 bits per heavy atom. The van der Waals surface area contributed by atoms with Gasteiger partial charge in [0, 0.05) is 13.2 Å². The molecule has 1 fully saturated rings. The van der Waals surface area contributed by atoms with E-state index in [0.717, 1.165) is 62.2 Å². The summed E-state index contributed by atoms with van der Waals surface area (Å²) in [6.45, 7) is 15.0. The topological polar surface area (TPSA) is 127 Å². The molecule has 1 aliphatic heterocycles. The van der Waals surface area contributed by atoms with Crippen LogP contribution in [0.3, 0.4) is 0 Å². The summed E-state index contributed by atoms with van der Waals surface area (Å²) in [6.07, 6.45) is 4.97. The van der Waals surface area contributed by atoms with Crippen molar-refractivity contribution < 1.29 is 21.6 Å². The number of para-hydroxylation sites is 1. The molecule has 0 radical (unpaired) electrons. The molecule has 0 aliphatic carbocycles. The van der Waals surface area contributed by atoms with Gasteiger partial charge in [-0.25, -0.2) is 37.1 Å². The van der Waals surface area contributed by atoms with Crippen molar-refractivity contribution >= 4 is 80.8 Å². The van der Waals surface area contributed by atoms with Crippen LogP contribution >= 0.6 is 23.2 Å². The fourth-order valence-electron chi connectivity index (χ4n) is 6.60. The molecule has 7 rings (SSSR count). The number of aromatic nitrogens is 5. The van der Waals surface area contributed by atoms with Gasteiger partial charge in [0.05, 0.1) is 32.3 Å². The molecule has 6 aromatic rings. The Balaban J connectivity index is 1.11. The maximum Gasteiger partial charge on any atom is 0.263 e. The Bertz CT molecular complexity index is 2540. The monoisotopic (exact) mass is 838 g/mol. The first kappa shape index (κ1) is 40.0. The third kappa shape index (κ3) is 7.98. The first-order valence-corrected chi connectivity index (χ1v) is 23.3. The zero-order valence-electron chi connectivity index (χ0n) is 31.6. The Labute approximate surface area is 335 Å². The maximum absolute atomic E-state index is 15.9. The van der Waals surface area contributed by atoms with Crippen molar-refractivity contribution in [2.24, 2.45) is 0 Å². The number of likely N-dealkylation sites (tertiary alicyclic amines) is 1. The van der Waals surface area contributed by atoms with E-state index in [1.165, 1.54) is 30.1 Å². The number of nitrogens with one attached hydrogen (secondary N) is 2. The summed E-state index contributed by atoms with van der Waals surface area (Å²) in [5, 5.41) is 2.63. The fourth-order valence-corrected chi connectivity index (χ4v) is 9.46. The van der Waals surface area contributed by atoms with Crippen LogP contribution in [0.25, 0.3) is 27.9 Å². The minimum atomic E-state index is -4.41. The van der Waals surface area contributed by atoms with Gasteiger partial charge in [0.1, 0.15) is 40.4 Å². The van der Waals surface area contributed by atoms with Crippen LogP contribution in [-0.2, 0) is 14.4 Å². The van der Waals surface area contributed by atoms with Crippen molar-refractivity contribution in [3.05, 3.63) is 101 Å². The second-order valence-electron chi connectivity index (χ2n) is 15.4. The van der Waals surface area contributed by atoms with E-state index in [1.807, 2.05) is 16.7 Å². The van der Waals surface area contributed by atoms with E-state index in [1.54, 1.807) is 18.5 Å². The average molecular weight is 840 g/mol. The van der Waals surface area contributed by atoms with E-state index in [-0.39, 0.29) is 31.3 Å². The molecule has 56 heavy (non-hydrogen) atoms. The number of benzene rings is 3. The van der Waals surface area contributed by atoms with Gasteiger partial charge < -0.3 is 14.6 Å². The molecule has 0 saturated carbocycles. The fraction of sp³-hybridized carbons (Fsp3) is 0.333. The Morgan fingerprint density at radius 2 is 1.70 bits per heavy atom. The number of nitrogens with zero attached hydrogens (tertiary/aromatic N) is 6. The van der Waals surface area contributed by atoms with E-state index in [4.69, 9.17) is 37.6 Å². The highest BCUT2D eigenvalue weighted by atomic mass is 35.5. The summed E-state index contributed by atoms with van der Waals surface area (Å²) in [7, 11) is -6.19. The third-order valence-corrected chi connectivity index (χ3v) is 17.7. The molecule has 0 spiro atoms.